The zero-order valence-corrected chi connectivity index (χ0v) is 16.8. The second kappa shape index (κ2) is 7.92. The number of carbonyl (C=O) groups excluding carboxylic acids is 1. The lowest BCUT2D eigenvalue weighted by Crippen LogP contribution is -2.33. The van der Waals surface area contributed by atoms with E-state index in [-0.39, 0.29) is 11.6 Å². The van der Waals surface area contributed by atoms with E-state index in [2.05, 4.69) is 0 Å². The Morgan fingerprint density at radius 1 is 0.900 bits per heavy atom. The van der Waals surface area contributed by atoms with Gasteiger partial charge in [0, 0.05) is 17.8 Å². The predicted octanol–water partition coefficient (Wildman–Crippen LogP) is 4.91. The number of hydrogen-bond acceptors (Lipinski definition) is 5. The molecule has 0 saturated carbocycles. The first-order chi connectivity index (χ1) is 14.5. The molecule has 3 aromatic carbocycles. The Balaban J connectivity index is 1.56. The largest absolute Gasteiger partial charge is 0.457 e. The molecule has 30 heavy (non-hydrogen) atoms. The molecular weight excluding hydrogens is 402 g/mol. The van der Waals surface area contributed by atoms with Gasteiger partial charge in [-0.2, -0.15) is 0 Å². The van der Waals surface area contributed by atoms with Crippen LogP contribution in [0, 0.1) is 10.1 Å². The molecule has 1 fully saturated rings. The van der Waals surface area contributed by atoms with Crippen molar-refractivity contribution in [2.24, 2.45) is 0 Å². The van der Waals surface area contributed by atoms with Crippen LogP contribution in [0.5, 0.6) is 11.5 Å². The normalized spacial score (nSPS) is 16.1. The summed E-state index contributed by atoms with van der Waals surface area (Å²) < 4.78 is 5.81. The van der Waals surface area contributed by atoms with Crippen molar-refractivity contribution in [1.29, 1.82) is 0 Å². The highest BCUT2D eigenvalue weighted by molar-refractivity contribution is 7.81. The van der Waals surface area contributed by atoms with Crippen LogP contribution in [0.4, 0.5) is 17.1 Å². The van der Waals surface area contributed by atoms with Crippen molar-refractivity contribution in [3.63, 3.8) is 0 Å². The quantitative estimate of drug-likeness (QED) is 0.332. The zero-order valence-electron chi connectivity index (χ0n) is 16.0. The topological polar surface area (TPSA) is 75.9 Å². The van der Waals surface area contributed by atoms with Crippen LogP contribution in [0.1, 0.15) is 6.92 Å². The summed E-state index contributed by atoms with van der Waals surface area (Å²) in [6, 6.07) is 22.0. The summed E-state index contributed by atoms with van der Waals surface area (Å²) in [4.78, 5) is 26.4. The minimum Gasteiger partial charge on any atom is -0.457 e. The average molecular weight is 419 g/mol. The number of nitro groups is 1. The summed E-state index contributed by atoms with van der Waals surface area (Å²) in [5.74, 6) is 1.20. The summed E-state index contributed by atoms with van der Waals surface area (Å²) in [5, 5.41) is 11.2. The van der Waals surface area contributed by atoms with E-state index in [1.165, 1.54) is 29.2 Å². The number of anilines is 2. The van der Waals surface area contributed by atoms with Gasteiger partial charge in [0.2, 0.25) is 0 Å². The van der Waals surface area contributed by atoms with Crippen molar-refractivity contribution in [2.45, 2.75) is 13.0 Å². The summed E-state index contributed by atoms with van der Waals surface area (Å²) >= 11 is 5.57. The number of thiocarbonyl (C=S) groups is 1. The summed E-state index contributed by atoms with van der Waals surface area (Å²) in [6.07, 6.45) is 0. The van der Waals surface area contributed by atoms with Crippen molar-refractivity contribution in [3.05, 3.63) is 89.0 Å². The number of nitro benzene ring substituents is 1. The molecule has 1 amide bonds. The van der Waals surface area contributed by atoms with E-state index in [0.29, 0.717) is 16.5 Å². The van der Waals surface area contributed by atoms with E-state index >= 15 is 0 Å². The first-order valence-electron chi connectivity index (χ1n) is 9.20. The maximum Gasteiger partial charge on any atom is 0.269 e. The van der Waals surface area contributed by atoms with E-state index in [1.54, 1.807) is 11.8 Å². The first-order valence-corrected chi connectivity index (χ1v) is 9.61. The van der Waals surface area contributed by atoms with Gasteiger partial charge >= 0.3 is 0 Å². The van der Waals surface area contributed by atoms with Gasteiger partial charge in [0.25, 0.3) is 11.6 Å². The molecule has 4 rings (SSSR count). The fourth-order valence-corrected chi connectivity index (χ4v) is 3.72. The van der Waals surface area contributed by atoms with Crippen molar-refractivity contribution in [1.82, 2.24) is 0 Å². The lowest BCUT2D eigenvalue weighted by Gasteiger charge is -2.22. The SMILES string of the molecule is CC1C(=O)N(c2ccc([N+](=O)[O-])cc2)C(=S)N1c1ccc(Oc2ccccc2)cc1. The van der Waals surface area contributed by atoms with E-state index in [4.69, 9.17) is 17.0 Å². The van der Waals surface area contributed by atoms with Crippen LogP contribution in [-0.2, 0) is 4.79 Å². The number of para-hydroxylation sites is 1. The average Bonchev–Trinajstić information content (AvgIpc) is 2.98. The molecule has 8 heteroatoms. The second-order valence-electron chi connectivity index (χ2n) is 6.68. The number of amides is 1. The van der Waals surface area contributed by atoms with Crippen molar-refractivity contribution >= 4 is 40.3 Å². The smallest absolute Gasteiger partial charge is 0.269 e. The van der Waals surface area contributed by atoms with Gasteiger partial charge in [-0.1, -0.05) is 18.2 Å². The Morgan fingerprint density at radius 2 is 1.47 bits per heavy atom. The molecule has 0 aliphatic carbocycles. The zero-order chi connectivity index (χ0) is 21.3. The Labute approximate surface area is 178 Å². The fraction of sp³-hybridized carbons (Fsp3) is 0.0909. The van der Waals surface area contributed by atoms with Gasteiger partial charge in [-0.05, 0) is 67.7 Å². The van der Waals surface area contributed by atoms with Crippen molar-refractivity contribution in [3.8, 4) is 11.5 Å². The highest BCUT2D eigenvalue weighted by atomic mass is 32.1. The lowest BCUT2D eigenvalue weighted by molar-refractivity contribution is -0.384. The molecule has 3 aromatic rings. The third-order valence-electron chi connectivity index (χ3n) is 4.77. The Kier molecular flexibility index (Phi) is 5.16. The van der Waals surface area contributed by atoms with Crippen LogP contribution in [0.2, 0.25) is 0 Å². The second-order valence-corrected chi connectivity index (χ2v) is 7.05. The summed E-state index contributed by atoms with van der Waals surface area (Å²) in [6.45, 7) is 1.77. The lowest BCUT2D eigenvalue weighted by atomic mass is 10.2. The van der Waals surface area contributed by atoms with Crippen LogP contribution < -0.4 is 14.5 Å². The van der Waals surface area contributed by atoms with Gasteiger partial charge in [-0.25, -0.2) is 0 Å². The van der Waals surface area contributed by atoms with Gasteiger partial charge < -0.3 is 9.64 Å². The minimum absolute atomic E-state index is 0.0461. The Morgan fingerprint density at radius 3 is 2.07 bits per heavy atom. The van der Waals surface area contributed by atoms with Crippen LogP contribution in [-0.4, -0.2) is 22.0 Å². The number of non-ortho nitro benzene ring substituents is 1. The number of hydrogen-bond donors (Lipinski definition) is 0. The van der Waals surface area contributed by atoms with Gasteiger partial charge in [0.1, 0.15) is 17.5 Å². The third-order valence-corrected chi connectivity index (χ3v) is 5.15. The number of rotatable bonds is 5. The maximum atomic E-state index is 12.9. The number of ether oxygens (including phenoxy) is 1. The molecule has 1 aliphatic rings. The molecule has 0 radical (unpaired) electrons. The molecule has 1 saturated heterocycles. The molecule has 0 spiro atoms. The van der Waals surface area contributed by atoms with Gasteiger partial charge in [-0.3, -0.25) is 19.8 Å². The monoisotopic (exact) mass is 419 g/mol. The summed E-state index contributed by atoms with van der Waals surface area (Å²) in [5.41, 5.74) is 1.20. The van der Waals surface area contributed by atoms with E-state index in [0.717, 1.165) is 11.4 Å². The molecule has 0 aromatic heterocycles. The van der Waals surface area contributed by atoms with Crippen LogP contribution in [0.3, 0.4) is 0 Å². The van der Waals surface area contributed by atoms with Crippen LogP contribution >= 0.6 is 12.2 Å². The van der Waals surface area contributed by atoms with E-state index < -0.39 is 11.0 Å². The number of benzene rings is 3. The highest BCUT2D eigenvalue weighted by Gasteiger charge is 2.41. The standard InChI is InChI=1S/C22H17N3O4S/c1-15-21(26)24(17-7-9-18(10-8-17)25(27)28)22(30)23(15)16-11-13-20(14-12-16)29-19-5-3-2-4-6-19/h2-15H,1H3. The first kappa shape index (κ1) is 19.5. The van der Waals surface area contributed by atoms with E-state index in [9.17, 15) is 14.9 Å². The van der Waals surface area contributed by atoms with Crippen molar-refractivity contribution < 1.29 is 14.5 Å². The van der Waals surface area contributed by atoms with Crippen molar-refractivity contribution in [2.75, 3.05) is 9.80 Å². The molecule has 7 nitrogen and oxygen atoms in total. The highest BCUT2D eigenvalue weighted by Crippen LogP contribution is 2.32. The summed E-state index contributed by atoms with van der Waals surface area (Å²) in [7, 11) is 0. The van der Waals surface area contributed by atoms with Crippen LogP contribution in [0.15, 0.2) is 78.9 Å². The Hall–Kier alpha value is -3.78. The third kappa shape index (κ3) is 3.60. The molecule has 1 heterocycles. The number of nitrogens with zero attached hydrogens (tertiary/aromatic N) is 3. The number of carbonyl (C=O) groups is 1. The molecule has 150 valence electrons. The predicted molar refractivity (Wildman–Crippen MR) is 118 cm³/mol. The molecule has 0 N–H and O–H groups in total. The molecule has 1 aliphatic heterocycles. The van der Waals surface area contributed by atoms with E-state index in [1.807, 2.05) is 54.6 Å². The van der Waals surface area contributed by atoms with Gasteiger partial charge in [0.05, 0.1) is 10.6 Å². The molecular formula is C22H17N3O4S. The molecule has 0 bridgehead atoms. The molecule has 1 unspecified atom stereocenters. The fourth-order valence-electron chi connectivity index (χ4n) is 3.26. The van der Waals surface area contributed by atoms with Gasteiger partial charge in [-0.15, -0.1) is 0 Å². The van der Waals surface area contributed by atoms with Gasteiger partial charge in [0.15, 0.2) is 5.11 Å². The minimum atomic E-state index is -0.506. The Bertz CT molecular complexity index is 1100. The van der Waals surface area contributed by atoms with Crippen LogP contribution in [0.25, 0.3) is 0 Å². The maximum absolute atomic E-state index is 12.9. The molecule has 1 atom stereocenters.